The van der Waals surface area contributed by atoms with E-state index in [0.717, 1.165) is 93.9 Å². The molecule has 11 rings (SSSR count). The Hall–Kier alpha value is -7.63. The van der Waals surface area contributed by atoms with Gasteiger partial charge in [-0.25, -0.2) is 15.0 Å². The lowest BCUT2D eigenvalue weighted by molar-refractivity contribution is 0.669. The van der Waals surface area contributed by atoms with Crippen LogP contribution in [0.2, 0.25) is 0 Å². The molecular weight excluding hydrogens is 687 g/mol. The van der Waals surface area contributed by atoms with Crippen molar-refractivity contribution in [1.29, 1.82) is 0 Å². The summed E-state index contributed by atoms with van der Waals surface area (Å²) in [5, 5.41) is 4.29. The largest absolute Gasteiger partial charge is 0.456 e. The van der Waals surface area contributed by atoms with Crippen LogP contribution in [0.25, 0.3) is 111 Å². The Balaban J connectivity index is 1.07. The van der Waals surface area contributed by atoms with E-state index in [0.29, 0.717) is 17.5 Å². The van der Waals surface area contributed by atoms with Gasteiger partial charge in [0.1, 0.15) is 22.3 Å². The first-order valence-corrected chi connectivity index (χ1v) is 18.7. The molecule has 0 saturated carbocycles. The van der Waals surface area contributed by atoms with Gasteiger partial charge in [0.2, 0.25) is 0 Å². The molecule has 0 unspecified atom stereocenters. The summed E-state index contributed by atoms with van der Waals surface area (Å²) in [7, 11) is 0. The summed E-state index contributed by atoms with van der Waals surface area (Å²) in [6.45, 7) is 0. The number of hydrogen-bond donors (Lipinski definition) is 0. The summed E-state index contributed by atoms with van der Waals surface area (Å²) in [6, 6.07) is 64.6. The number of aromatic nitrogens is 3. The van der Waals surface area contributed by atoms with Crippen molar-refractivity contribution in [2.45, 2.75) is 0 Å². The lowest BCUT2D eigenvalue weighted by atomic mass is 9.96. The zero-order valence-electron chi connectivity index (χ0n) is 30.1. The fourth-order valence-electron chi connectivity index (χ4n) is 7.80. The maximum atomic E-state index is 6.59. The molecule has 5 nitrogen and oxygen atoms in total. The minimum absolute atomic E-state index is 0.570. The van der Waals surface area contributed by atoms with Crippen LogP contribution < -0.4 is 0 Å². The van der Waals surface area contributed by atoms with E-state index in [2.05, 4.69) is 121 Å². The minimum Gasteiger partial charge on any atom is -0.456 e. The molecule has 0 fully saturated rings. The van der Waals surface area contributed by atoms with E-state index in [1.54, 1.807) is 0 Å². The van der Waals surface area contributed by atoms with Gasteiger partial charge >= 0.3 is 0 Å². The third-order valence-electron chi connectivity index (χ3n) is 10.5. The van der Waals surface area contributed by atoms with Gasteiger partial charge in [-0.2, -0.15) is 0 Å². The van der Waals surface area contributed by atoms with Crippen molar-refractivity contribution in [3.63, 3.8) is 0 Å². The number of nitrogens with zero attached hydrogens (tertiary/aromatic N) is 3. The molecule has 5 heteroatoms. The van der Waals surface area contributed by atoms with Crippen molar-refractivity contribution in [2.75, 3.05) is 0 Å². The molecule has 56 heavy (non-hydrogen) atoms. The number of fused-ring (bicyclic) bond motifs is 6. The zero-order valence-corrected chi connectivity index (χ0v) is 30.1. The van der Waals surface area contributed by atoms with E-state index in [4.69, 9.17) is 23.8 Å². The molecular formula is C51H31N3O2. The Morgan fingerprint density at radius 1 is 0.268 bits per heavy atom. The van der Waals surface area contributed by atoms with Crippen molar-refractivity contribution in [2.24, 2.45) is 0 Å². The van der Waals surface area contributed by atoms with Gasteiger partial charge < -0.3 is 8.83 Å². The van der Waals surface area contributed by atoms with Crippen molar-refractivity contribution in [3.05, 3.63) is 188 Å². The minimum atomic E-state index is 0.570. The Labute approximate surface area is 322 Å². The summed E-state index contributed by atoms with van der Waals surface area (Å²) >= 11 is 0. The topological polar surface area (TPSA) is 65.0 Å². The van der Waals surface area contributed by atoms with Gasteiger partial charge in [0.25, 0.3) is 0 Å². The van der Waals surface area contributed by atoms with Crippen molar-refractivity contribution < 1.29 is 8.83 Å². The van der Waals surface area contributed by atoms with Crippen LogP contribution in [0.3, 0.4) is 0 Å². The van der Waals surface area contributed by atoms with Crippen LogP contribution in [0, 0.1) is 0 Å². The molecule has 8 aromatic carbocycles. The van der Waals surface area contributed by atoms with Crippen molar-refractivity contribution in [3.8, 4) is 67.5 Å². The summed E-state index contributed by atoms with van der Waals surface area (Å²) in [4.78, 5) is 15.3. The van der Waals surface area contributed by atoms with E-state index >= 15 is 0 Å². The maximum Gasteiger partial charge on any atom is 0.164 e. The van der Waals surface area contributed by atoms with E-state index in [1.165, 1.54) is 0 Å². The van der Waals surface area contributed by atoms with Gasteiger partial charge in [-0.05, 0) is 88.0 Å². The van der Waals surface area contributed by atoms with Gasteiger partial charge in [-0.3, -0.25) is 0 Å². The molecule has 0 amide bonds. The third kappa shape index (κ3) is 5.53. The maximum absolute atomic E-state index is 6.59. The highest BCUT2D eigenvalue weighted by molar-refractivity contribution is 6.14. The zero-order chi connectivity index (χ0) is 37.0. The lowest BCUT2D eigenvalue weighted by Crippen LogP contribution is -2.00. The first-order valence-electron chi connectivity index (χ1n) is 18.7. The van der Waals surface area contributed by atoms with E-state index in [9.17, 15) is 0 Å². The first kappa shape index (κ1) is 31.9. The number of benzene rings is 8. The van der Waals surface area contributed by atoms with Gasteiger partial charge in [-0.15, -0.1) is 0 Å². The second kappa shape index (κ2) is 13.0. The molecule has 3 heterocycles. The van der Waals surface area contributed by atoms with Gasteiger partial charge in [0, 0.05) is 38.2 Å². The molecule has 0 aliphatic carbocycles. The van der Waals surface area contributed by atoms with Crippen LogP contribution in [0.5, 0.6) is 0 Å². The third-order valence-corrected chi connectivity index (χ3v) is 10.5. The SMILES string of the molecule is c1ccc(-c2cc(-c3ccccc3)cc(-c3nc(-c4ccccc4)nc(-c4ccc5c(c4)oc4cccc(-c6ccc7oc8ccccc8c7c6)c45)n3)c2)cc1. The molecule has 0 radical (unpaired) electrons. The highest BCUT2D eigenvalue weighted by Crippen LogP contribution is 2.40. The molecule has 11 aromatic rings. The van der Waals surface area contributed by atoms with Crippen LogP contribution in [0.15, 0.2) is 197 Å². The predicted molar refractivity (Wildman–Crippen MR) is 227 cm³/mol. The quantitative estimate of drug-likeness (QED) is 0.171. The average Bonchev–Trinajstić information content (AvgIpc) is 3.85. The molecule has 0 aliphatic heterocycles. The highest BCUT2D eigenvalue weighted by Gasteiger charge is 2.18. The van der Waals surface area contributed by atoms with Gasteiger partial charge in [0.05, 0.1) is 0 Å². The second-order valence-corrected chi connectivity index (χ2v) is 14.0. The monoisotopic (exact) mass is 717 g/mol. The molecule has 0 saturated heterocycles. The van der Waals surface area contributed by atoms with Crippen LogP contribution in [-0.4, -0.2) is 15.0 Å². The van der Waals surface area contributed by atoms with Crippen LogP contribution >= 0.6 is 0 Å². The average molecular weight is 718 g/mol. The summed E-state index contributed by atoms with van der Waals surface area (Å²) in [5.41, 5.74) is 12.6. The van der Waals surface area contributed by atoms with E-state index < -0.39 is 0 Å². The number of para-hydroxylation sites is 1. The number of rotatable bonds is 6. The lowest BCUT2D eigenvalue weighted by Gasteiger charge is -2.12. The standard InChI is InChI=1S/C51H31N3O2/c1-4-13-32(14-5-1)37-27-38(33-15-6-2-7-16-33)29-39(28-37)51-53-49(34-17-8-3-9-18-34)52-50(54-51)36-23-25-42-47(31-36)56-46-22-12-20-40(48(42)46)35-24-26-45-43(30-35)41-19-10-11-21-44(41)55-45/h1-31H. The van der Waals surface area contributed by atoms with Crippen molar-refractivity contribution in [1.82, 2.24) is 15.0 Å². The smallest absolute Gasteiger partial charge is 0.164 e. The second-order valence-electron chi connectivity index (χ2n) is 14.0. The Morgan fingerprint density at radius 2 is 0.804 bits per heavy atom. The highest BCUT2D eigenvalue weighted by atomic mass is 16.3. The van der Waals surface area contributed by atoms with E-state index in [1.807, 2.05) is 66.7 Å². The molecule has 0 atom stereocenters. The molecule has 0 aliphatic rings. The van der Waals surface area contributed by atoms with Crippen molar-refractivity contribution >= 4 is 43.9 Å². The first-order chi connectivity index (χ1) is 27.7. The molecule has 0 spiro atoms. The Bertz CT molecular complexity index is 3180. The van der Waals surface area contributed by atoms with Crippen LogP contribution in [0.1, 0.15) is 0 Å². The predicted octanol–water partition coefficient (Wildman–Crippen LogP) is 13.7. The molecule has 0 N–H and O–H groups in total. The van der Waals surface area contributed by atoms with Gasteiger partial charge in [-0.1, -0.05) is 133 Å². The summed E-state index contributed by atoms with van der Waals surface area (Å²) in [5.74, 6) is 1.77. The normalized spacial score (nSPS) is 11.6. The number of furan rings is 2. The van der Waals surface area contributed by atoms with Crippen LogP contribution in [0.4, 0.5) is 0 Å². The fraction of sp³-hybridized carbons (Fsp3) is 0. The summed E-state index contributed by atoms with van der Waals surface area (Å²) < 4.78 is 12.7. The van der Waals surface area contributed by atoms with Gasteiger partial charge in [0.15, 0.2) is 17.5 Å². The Morgan fingerprint density at radius 3 is 1.52 bits per heavy atom. The fourth-order valence-corrected chi connectivity index (χ4v) is 7.80. The Kier molecular flexibility index (Phi) is 7.42. The molecule has 3 aromatic heterocycles. The molecule has 0 bridgehead atoms. The number of hydrogen-bond acceptors (Lipinski definition) is 5. The summed E-state index contributed by atoms with van der Waals surface area (Å²) in [6.07, 6.45) is 0. The van der Waals surface area contributed by atoms with Crippen LogP contribution in [-0.2, 0) is 0 Å². The molecule has 262 valence electrons. The van der Waals surface area contributed by atoms with E-state index in [-0.39, 0.29) is 0 Å².